The molecule has 0 amide bonds. The molecule has 1 N–H and O–H groups in total. The number of benzene rings is 1. The van der Waals surface area contributed by atoms with Crippen LogP contribution >= 0.6 is 15.9 Å². The lowest BCUT2D eigenvalue weighted by atomic mass is 10.3. The Morgan fingerprint density at radius 3 is 2.95 bits per heavy atom. The van der Waals surface area contributed by atoms with Crippen LogP contribution in [0.3, 0.4) is 0 Å². The molecule has 0 atom stereocenters. The van der Waals surface area contributed by atoms with E-state index in [0.29, 0.717) is 23.4 Å². The number of hydrogen-bond donors (Lipinski definition) is 1. The van der Waals surface area contributed by atoms with E-state index in [4.69, 9.17) is 4.74 Å². The van der Waals surface area contributed by atoms with Crippen molar-refractivity contribution in [1.29, 1.82) is 0 Å². The van der Waals surface area contributed by atoms with Crippen molar-refractivity contribution in [1.82, 2.24) is 10.3 Å². The molecular formula is C14H14BrFN2O. The lowest BCUT2D eigenvalue weighted by molar-refractivity contribution is 0.312. The summed E-state index contributed by atoms with van der Waals surface area (Å²) in [4.78, 5) is 4.03. The number of ether oxygens (including phenoxy) is 1. The molecule has 100 valence electrons. The van der Waals surface area contributed by atoms with Crippen molar-refractivity contribution in [3.63, 3.8) is 0 Å². The summed E-state index contributed by atoms with van der Waals surface area (Å²) in [5, 5.41) is 3.23. The molecule has 0 aliphatic carbocycles. The number of hydrogen-bond acceptors (Lipinski definition) is 3. The molecule has 3 nitrogen and oxygen atoms in total. The van der Waals surface area contributed by atoms with Gasteiger partial charge in [0.1, 0.15) is 18.2 Å². The molecular weight excluding hydrogens is 311 g/mol. The molecule has 0 spiro atoms. The van der Waals surface area contributed by atoms with Gasteiger partial charge in [0.15, 0.2) is 0 Å². The molecule has 0 aliphatic rings. The van der Waals surface area contributed by atoms with Gasteiger partial charge in [-0.1, -0.05) is 22.0 Å². The van der Waals surface area contributed by atoms with Gasteiger partial charge in [-0.25, -0.2) is 4.39 Å². The van der Waals surface area contributed by atoms with Gasteiger partial charge in [0.2, 0.25) is 0 Å². The monoisotopic (exact) mass is 324 g/mol. The van der Waals surface area contributed by atoms with Crippen molar-refractivity contribution in [3.05, 3.63) is 58.6 Å². The Morgan fingerprint density at radius 2 is 2.21 bits per heavy atom. The minimum atomic E-state index is -0.312. The molecule has 0 radical (unpaired) electrons. The average Bonchev–Trinajstić information content (AvgIpc) is 2.38. The first-order valence-electron chi connectivity index (χ1n) is 5.92. The molecule has 1 aromatic heterocycles. The van der Waals surface area contributed by atoms with Crippen LogP contribution in [-0.2, 0) is 6.54 Å². The van der Waals surface area contributed by atoms with Crippen molar-refractivity contribution in [2.75, 3.05) is 13.2 Å². The highest BCUT2D eigenvalue weighted by Gasteiger charge is 1.99. The predicted octanol–water partition coefficient (Wildman–Crippen LogP) is 3.15. The first-order chi connectivity index (χ1) is 9.24. The standard InChI is InChI=1S/C14H14BrFN2O/c15-12-6-13(16)8-14(7-12)19-5-4-18-10-11-2-1-3-17-9-11/h1-3,6-9,18H,4-5,10H2. The molecule has 19 heavy (non-hydrogen) atoms. The fourth-order valence-corrected chi connectivity index (χ4v) is 2.03. The maximum absolute atomic E-state index is 13.1. The summed E-state index contributed by atoms with van der Waals surface area (Å²) in [6.45, 7) is 1.91. The minimum absolute atomic E-state index is 0.312. The number of nitrogens with one attached hydrogen (secondary N) is 1. The third-order valence-corrected chi connectivity index (χ3v) is 2.89. The highest BCUT2D eigenvalue weighted by atomic mass is 79.9. The smallest absolute Gasteiger partial charge is 0.128 e. The quantitative estimate of drug-likeness (QED) is 0.829. The summed E-state index contributed by atoms with van der Waals surface area (Å²) in [7, 11) is 0. The molecule has 0 bridgehead atoms. The second-order valence-corrected chi connectivity index (χ2v) is 4.91. The van der Waals surface area contributed by atoms with E-state index in [1.54, 1.807) is 12.3 Å². The predicted molar refractivity (Wildman–Crippen MR) is 75.5 cm³/mol. The van der Waals surface area contributed by atoms with Gasteiger partial charge in [0.05, 0.1) is 0 Å². The molecule has 2 rings (SSSR count). The fraction of sp³-hybridized carbons (Fsp3) is 0.214. The van der Waals surface area contributed by atoms with E-state index >= 15 is 0 Å². The second kappa shape index (κ2) is 7.21. The van der Waals surface area contributed by atoms with Gasteiger partial charge < -0.3 is 10.1 Å². The maximum Gasteiger partial charge on any atom is 0.128 e. The lowest BCUT2D eigenvalue weighted by Crippen LogP contribution is -2.20. The largest absolute Gasteiger partial charge is 0.492 e. The van der Waals surface area contributed by atoms with Crippen LogP contribution in [0.2, 0.25) is 0 Å². The van der Waals surface area contributed by atoms with E-state index in [-0.39, 0.29) is 5.82 Å². The van der Waals surface area contributed by atoms with Gasteiger partial charge in [-0.15, -0.1) is 0 Å². The van der Waals surface area contributed by atoms with E-state index in [1.807, 2.05) is 18.3 Å². The zero-order chi connectivity index (χ0) is 13.5. The van der Waals surface area contributed by atoms with E-state index in [1.165, 1.54) is 12.1 Å². The van der Waals surface area contributed by atoms with Gasteiger partial charge in [-0.3, -0.25) is 4.98 Å². The average molecular weight is 325 g/mol. The topological polar surface area (TPSA) is 34.1 Å². The summed E-state index contributed by atoms with van der Waals surface area (Å²) in [6, 6.07) is 8.41. The molecule has 0 saturated heterocycles. The molecule has 5 heteroatoms. The first-order valence-corrected chi connectivity index (χ1v) is 6.72. The van der Waals surface area contributed by atoms with E-state index in [2.05, 4.69) is 26.2 Å². The highest BCUT2D eigenvalue weighted by molar-refractivity contribution is 9.10. The fourth-order valence-electron chi connectivity index (χ4n) is 1.59. The molecule has 0 aliphatic heterocycles. The van der Waals surface area contributed by atoms with Crippen molar-refractivity contribution >= 4 is 15.9 Å². The van der Waals surface area contributed by atoms with Crippen molar-refractivity contribution in [3.8, 4) is 5.75 Å². The third-order valence-electron chi connectivity index (χ3n) is 2.44. The van der Waals surface area contributed by atoms with Crippen LogP contribution in [0.15, 0.2) is 47.2 Å². The van der Waals surface area contributed by atoms with Gasteiger partial charge >= 0.3 is 0 Å². The van der Waals surface area contributed by atoms with Crippen molar-refractivity contribution in [2.45, 2.75) is 6.54 Å². The normalized spacial score (nSPS) is 10.4. The van der Waals surface area contributed by atoms with Crippen molar-refractivity contribution < 1.29 is 9.13 Å². The Bertz CT molecular complexity index is 502. The molecule has 1 heterocycles. The molecule has 0 fully saturated rings. The van der Waals surface area contributed by atoms with E-state index in [9.17, 15) is 4.39 Å². The summed E-state index contributed by atoms with van der Waals surface area (Å²) in [5.74, 6) is 0.211. The SMILES string of the molecule is Fc1cc(Br)cc(OCCNCc2cccnc2)c1. The van der Waals surface area contributed by atoms with Gasteiger partial charge in [0.25, 0.3) is 0 Å². The number of pyridine rings is 1. The van der Waals surface area contributed by atoms with Crippen molar-refractivity contribution in [2.24, 2.45) is 0 Å². The Balaban J connectivity index is 1.69. The van der Waals surface area contributed by atoms with Crippen LogP contribution in [-0.4, -0.2) is 18.1 Å². The second-order valence-electron chi connectivity index (χ2n) is 3.99. The Labute approximate surface area is 119 Å². The van der Waals surface area contributed by atoms with Crippen LogP contribution < -0.4 is 10.1 Å². The number of aromatic nitrogens is 1. The Morgan fingerprint density at radius 1 is 1.32 bits per heavy atom. The summed E-state index contributed by atoms with van der Waals surface area (Å²) < 4.78 is 19.2. The molecule has 1 aromatic carbocycles. The lowest BCUT2D eigenvalue weighted by Gasteiger charge is -2.08. The van der Waals surface area contributed by atoms with E-state index < -0.39 is 0 Å². The molecule has 0 saturated carbocycles. The van der Waals surface area contributed by atoms with Crippen LogP contribution in [0.1, 0.15) is 5.56 Å². The van der Waals surface area contributed by atoms with Gasteiger partial charge in [-0.2, -0.15) is 0 Å². The summed E-state index contributed by atoms with van der Waals surface area (Å²) >= 11 is 3.22. The molecule has 2 aromatic rings. The first kappa shape index (κ1) is 14.0. The summed E-state index contributed by atoms with van der Waals surface area (Å²) in [6.07, 6.45) is 3.56. The van der Waals surface area contributed by atoms with Crippen LogP contribution in [0.4, 0.5) is 4.39 Å². The van der Waals surface area contributed by atoms with Gasteiger partial charge in [-0.05, 0) is 23.8 Å². The third kappa shape index (κ3) is 4.96. The number of nitrogens with zero attached hydrogens (tertiary/aromatic N) is 1. The number of halogens is 2. The van der Waals surface area contributed by atoms with E-state index in [0.717, 1.165) is 12.1 Å². The van der Waals surface area contributed by atoms with Crippen LogP contribution in [0.25, 0.3) is 0 Å². The Kier molecular flexibility index (Phi) is 5.30. The van der Waals surface area contributed by atoms with Crippen LogP contribution in [0, 0.1) is 5.82 Å². The van der Waals surface area contributed by atoms with Gasteiger partial charge in [0, 0.05) is 36.0 Å². The van der Waals surface area contributed by atoms with Crippen LogP contribution in [0.5, 0.6) is 5.75 Å². The summed E-state index contributed by atoms with van der Waals surface area (Å²) in [5.41, 5.74) is 1.12. The number of rotatable bonds is 6. The highest BCUT2D eigenvalue weighted by Crippen LogP contribution is 2.20. The molecule has 0 unspecified atom stereocenters. The minimum Gasteiger partial charge on any atom is -0.492 e. The zero-order valence-electron chi connectivity index (χ0n) is 10.3. The zero-order valence-corrected chi connectivity index (χ0v) is 11.9. The maximum atomic E-state index is 13.1. The Hall–Kier alpha value is -1.46.